The topological polar surface area (TPSA) is 58.2 Å². The van der Waals surface area contributed by atoms with E-state index in [9.17, 15) is 9.59 Å². The number of hydrogen-bond acceptors (Lipinski definition) is 3. The molecule has 0 radical (unpaired) electrons. The molecule has 0 bridgehead atoms. The van der Waals surface area contributed by atoms with Gasteiger partial charge in [-0.05, 0) is 45.4 Å². The highest BCUT2D eigenvalue weighted by Gasteiger charge is 2.33. The van der Waals surface area contributed by atoms with E-state index in [4.69, 9.17) is 0 Å². The van der Waals surface area contributed by atoms with E-state index in [2.05, 4.69) is 26.6 Å². The van der Waals surface area contributed by atoms with Crippen LogP contribution in [0, 0.1) is 0 Å². The fourth-order valence-electron chi connectivity index (χ4n) is 3.27. The Balaban J connectivity index is 1.93. The minimum atomic E-state index is -0.107. The molecule has 118 valence electrons. The van der Waals surface area contributed by atoms with Crippen molar-refractivity contribution in [3.05, 3.63) is 34.7 Å². The summed E-state index contributed by atoms with van der Waals surface area (Å²) in [5.74, 6) is -0.136. The molecule has 3 rings (SSSR count). The number of allylic oxidation sites excluding steroid dienone is 4. The molecule has 2 aliphatic heterocycles. The van der Waals surface area contributed by atoms with Crippen molar-refractivity contribution in [1.29, 1.82) is 0 Å². The fourth-order valence-corrected chi connectivity index (χ4v) is 4.16. The molecule has 4 nitrogen and oxygen atoms in total. The van der Waals surface area contributed by atoms with Crippen molar-refractivity contribution in [2.45, 2.75) is 56.3 Å². The van der Waals surface area contributed by atoms with Crippen LogP contribution in [-0.4, -0.2) is 22.6 Å². The van der Waals surface area contributed by atoms with E-state index in [1.807, 2.05) is 19.1 Å². The van der Waals surface area contributed by atoms with Crippen LogP contribution in [0.25, 0.3) is 0 Å². The van der Waals surface area contributed by atoms with Crippen molar-refractivity contribution in [3.63, 3.8) is 0 Å². The lowest BCUT2D eigenvalue weighted by molar-refractivity contribution is -0.119. The molecule has 2 unspecified atom stereocenters. The molecule has 0 saturated carbocycles. The van der Waals surface area contributed by atoms with Gasteiger partial charge in [0.25, 0.3) is 0 Å². The zero-order chi connectivity index (χ0) is 15.7. The molecule has 2 heterocycles. The Bertz CT molecular complexity index is 604. The van der Waals surface area contributed by atoms with E-state index < -0.39 is 0 Å². The summed E-state index contributed by atoms with van der Waals surface area (Å²) in [6.07, 6.45) is 9.31. The predicted octanol–water partition coefficient (Wildman–Crippen LogP) is 2.86. The molecule has 0 aromatic rings. The van der Waals surface area contributed by atoms with E-state index in [0.717, 1.165) is 43.4 Å². The van der Waals surface area contributed by atoms with Crippen molar-refractivity contribution in [2.75, 3.05) is 0 Å². The molecule has 0 aromatic heterocycles. The summed E-state index contributed by atoms with van der Waals surface area (Å²) in [5.41, 5.74) is 2.69. The molecule has 0 spiro atoms. The Morgan fingerprint density at radius 1 is 1.23 bits per heavy atom. The highest BCUT2D eigenvalue weighted by atomic mass is 79.9. The van der Waals surface area contributed by atoms with E-state index in [0.29, 0.717) is 22.5 Å². The standard InChI is InChI=1S/C17H21BrN2O2/c1-10-9-11(18)5-4-7-13(17(22)19-10)15-16(21)12-6-2-3-8-14(12)20-15/h6,8,10-11,20H,2-5,7,9H2,1H3,(H,19,22)/b15-13-. The van der Waals surface area contributed by atoms with Gasteiger partial charge in [-0.25, -0.2) is 0 Å². The number of halogens is 1. The second-order valence-corrected chi connectivity index (χ2v) is 7.52. The normalized spacial score (nSPS) is 32.8. The van der Waals surface area contributed by atoms with Gasteiger partial charge in [0.1, 0.15) is 0 Å². The zero-order valence-corrected chi connectivity index (χ0v) is 14.3. The molecule has 22 heavy (non-hydrogen) atoms. The SMILES string of the molecule is CC1CC(Br)CCC/C(=C2/NC3=CCCC=C3C2=O)C(=O)N1. The van der Waals surface area contributed by atoms with Gasteiger partial charge in [-0.1, -0.05) is 28.1 Å². The van der Waals surface area contributed by atoms with Crippen molar-refractivity contribution in [3.8, 4) is 0 Å². The van der Waals surface area contributed by atoms with Crippen molar-refractivity contribution in [2.24, 2.45) is 0 Å². The zero-order valence-electron chi connectivity index (χ0n) is 12.7. The van der Waals surface area contributed by atoms with Crippen LogP contribution in [0.3, 0.4) is 0 Å². The molecule has 2 saturated heterocycles. The van der Waals surface area contributed by atoms with E-state index in [1.165, 1.54) is 0 Å². The monoisotopic (exact) mass is 364 g/mol. The van der Waals surface area contributed by atoms with Crippen LogP contribution < -0.4 is 10.6 Å². The third kappa shape index (κ3) is 3.05. The van der Waals surface area contributed by atoms with Crippen LogP contribution >= 0.6 is 15.9 Å². The number of rotatable bonds is 0. The van der Waals surface area contributed by atoms with Crippen molar-refractivity contribution >= 4 is 27.6 Å². The summed E-state index contributed by atoms with van der Waals surface area (Å²) >= 11 is 3.66. The van der Waals surface area contributed by atoms with Crippen LogP contribution in [0.15, 0.2) is 34.7 Å². The second-order valence-electron chi connectivity index (χ2n) is 6.22. The Morgan fingerprint density at radius 2 is 2.00 bits per heavy atom. The van der Waals surface area contributed by atoms with Crippen molar-refractivity contribution < 1.29 is 9.59 Å². The minimum Gasteiger partial charge on any atom is -0.352 e. The molecule has 0 aromatic carbocycles. The molecule has 3 aliphatic rings. The first-order valence-corrected chi connectivity index (χ1v) is 8.88. The number of nitrogens with one attached hydrogen (secondary N) is 2. The first kappa shape index (κ1) is 15.5. The molecular weight excluding hydrogens is 344 g/mol. The van der Waals surface area contributed by atoms with Gasteiger partial charge in [0, 0.05) is 27.7 Å². The number of Topliss-reactive ketones (excluding diaryl/α,β-unsaturated/α-hetero) is 1. The number of ketones is 1. The third-order valence-corrected chi connectivity index (χ3v) is 5.22. The maximum Gasteiger partial charge on any atom is 0.249 e. The first-order valence-electron chi connectivity index (χ1n) is 7.96. The highest BCUT2D eigenvalue weighted by molar-refractivity contribution is 9.09. The van der Waals surface area contributed by atoms with Crippen molar-refractivity contribution in [1.82, 2.24) is 10.6 Å². The summed E-state index contributed by atoms with van der Waals surface area (Å²) in [6.45, 7) is 2.01. The van der Waals surface area contributed by atoms with Crippen LogP contribution in [0.5, 0.6) is 0 Å². The lowest BCUT2D eigenvalue weighted by atomic mass is 9.99. The molecule has 1 aliphatic carbocycles. The number of fused-ring (bicyclic) bond motifs is 1. The summed E-state index contributed by atoms with van der Waals surface area (Å²) in [6, 6.07) is 0.0998. The lowest BCUT2D eigenvalue weighted by Crippen LogP contribution is -2.35. The maximum atomic E-state index is 12.6. The van der Waals surface area contributed by atoms with E-state index in [-0.39, 0.29) is 17.7 Å². The molecular formula is C17H21BrN2O2. The summed E-state index contributed by atoms with van der Waals surface area (Å²) in [4.78, 5) is 25.6. The molecule has 2 N–H and O–H groups in total. The summed E-state index contributed by atoms with van der Waals surface area (Å²) < 4.78 is 0. The van der Waals surface area contributed by atoms with Gasteiger partial charge in [-0.3, -0.25) is 9.59 Å². The fraction of sp³-hybridized carbons (Fsp3) is 0.529. The van der Waals surface area contributed by atoms with Gasteiger partial charge >= 0.3 is 0 Å². The lowest BCUT2D eigenvalue weighted by Gasteiger charge is -2.16. The Labute approximate surface area is 139 Å². The Hall–Kier alpha value is -1.36. The Morgan fingerprint density at radius 3 is 2.77 bits per heavy atom. The number of alkyl halides is 1. The number of hydrogen-bond donors (Lipinski definition) is 2. The number of amides is 1. The summed E-state index contributed by atoms with van der Waals surface area (Å²) in [7, 11) is 0. The van der Waals surface area contributed by atoms with Crippen LogP contribution in [0.1, 0.15) is 45.4 Å². The quantitative estimate of drug-likeness (QED) is 0.513. The highest BCUT2D eigenvalue weighted by Crippen LogP contribution is 2.30. The minimum absolute atomic E-state index is 0.0293. The first-order chi connectivity index (χ1) is 10.6. The van der Waals surface area contributed by atoms with Gasteiger partial charge in [0.15, 0.2) is 0 Å². The average Bonchev–Trinajstić information content (AvgIpc) is 2.82. The number of carbonyl (C=O) groups is 2. The van der Waals surface area contributed by atoms with Gasteiger partial charge in [-0.2, -0.15) is 0 Å². The van der Waals surface area contributed by atoms with E-state index in [1.54, 1.807) is 0 Å². The molecule has 2 fully saturated rings. The molecule has 1 amide bonds. The van der Waals surface area contributed by atoms with Gasteiger partial charge in [-0.15, -0.1) is 0 Å². The maximum absolute atomic E-state index is 12.6. The smallest absolute Gasteiger partial charge is 0.249 e. The van der Waals surface area contributed by atoms with Crippen LogP contribution in [0.4, 0.5) is 0 Å². The Kier molecular flexibility index (Phi) is 4.52. The van der Waals surface area contributed by atoms with Crippen LogP contribution in [0.2, 0.25) is 0 Å². The molecule has 5 heteroatoms. The predicted molar refractivity (Wildman–Crippen MR) is 89.4 cm³/mol. The second kappa shape index (κ2) is 6.41. The average molecular weight is 365 g/mol. The van der Waals surface area contributed by atoms with E-state index >= 15 is 0 Å². The number of carbonyl (C=O) groups excluding carboxylic acids is 2. The van der Waals surface area contributed by atoms with Gasteiger partial charge in [0.2, 0.25) is 11.7 Å². The third-order valence-electron chi connectivity index (χ3n) is 4.39. The largest absolute Gasteiger partial charge is 0.352 e. The van der Waals surface area contributed by atoms with Gasteiger partial charge < -0.3 is 10.6 Å². The summed E-state index contributed by atoms with van der Waals surface area (Å²) in [5, 5.41) is 6.21. The van der Waals surface area contributed by atoms with Gasteiger partial charge in [0.05, 0.1) is 5.70 Å². The van der Waals surface area contributed by atoms with Crippen LogP contribution in [-0.2, 0) is 9.59 Å². The molecule has 2 atom stereocenters.